The zero-order chi connectivity index (χ0) is 17.9. The lowest BCUT2D eigenvalue weighted by Crippen LogP contribution is -2.46. The van der Waals surface area contributed by atoms with Crippen molar-refractivity contribution in [3.8, 4) is 0 Å². The molecule has 1 amide bonds. The summed E-state index contributed by atoms with van der Waals surface area (Å²) < 4.78 is 26.9. The van der Waals surface area contributed by atoms with Crippen molar-refractivity contribution < 1.29 is 13.2 Å². The Morgan fingerprint density at radius 3 is 2.44 bits per heavy atom. The number of hydrogen-bond acceptors (Lipinski definition) is 3. The van der Waals surface area contributed by atoms with E-state index in [0.29, 0.717) is 43.2 Å². The molecule has 1 aromatic rings. The minimum absolute atomic E-state index is 0.0716. The maximum absolute atomic E-state index is 12.7. The highest BCUT2D eigenvalue weighted by Gasteiger charge is 2.30. The molecule has 25 heavy (non-hydrogen) atoms. The van der Waals surface area contributed by atoms with Crippen molar-refractivity contribution in [1.82, 2.24) is 9.62 Å². The minimum Gasteiger partial charge on any atom is -0.353 e. The molecule has 1 aliphatic heterocycles. The fourth-order valence-corrected chi connectivity index (χ4v) is 4.96. The molecule has 2 aliphatic rings. The lowest BCUT2D eigenvalue weighted by molar-refractivity contribution is -0.122. The number of allylic oxidation sites excluding steroid dienone is 2. The number of carbonyl (C=O) groups is 1. The fraction of sp³-hybridized carbons (Fsp3) is 0.526. The van der Waals surface area contributed by atoms with Crippen LogP contribution in [0.3, 0.4) is 0 Å². The van der Waals surface area contributed by atoms with Gasteiger partial charge in [0.2, 0.25) is 15.9 Å². The molecule has 0 radical (unpaired) electrons. The van der Waals surface area contributed by atoms with Gasteiger partial charge in [-0.15, -0.1) is 0 Å². The van der Waals surface area contributed by atoms with E-state index in [1.165, 1.54) is 4.31 Å². The number of nitrogens with zero attached hydrogens (tertiary/aromatic N) is 1. The van der Waals surface area contributed by atoms with Gasteiger partial charge in [0.1, 0.15) is 0 Å². The van der Waals surface area contributed by atoms with Gasteiger partial charge in [-0.25, -0.2) is 8.42 Å². The lowest BCUT2D eigenvalue weighted by atomic mass is 10.0. The van der Waals surface area contributed by atoms with Crippen molar-refractivity contribution >= 4 is 15.9 Å². The van der Waals surface area contributed by atoms with Crippen molar-refractivity contribution in [1.29, 1.82) is 0 Å². The summed E-state index contributed by atoms with van der Waals surface area (Å²) in [7, 11) is -3.44. The fourth-order valence-electron chi connectivity index (χ4n) is 3.49. The van der Waals surface area contributed by atoms with Gasteiger partial charge in [0, 0.05) is 25.6 Å². The molecule has 1 N–H and O–H groups in total. The molecule has 136 valence electrons. The first kappa shape index (κ1) is 18.1. The molecule has 0 aromatic heterocycles. The molecular weight excluding hydrogens is 336 g/mol. The Morgan fingerprint density at radius 2 is 1.84 bits per heavy atom. The van der Waals surface area contributed by atoms with E-state index in [2.05, 4.69) is 17.5 Å². The Hall–Kier alpha value is -1.66. The Bertz CT molecular complexity index is 732. The van der Waals surface area contributed by atoms with E-state index in [4.69, 9.17) is 0 Å². The topological polar surface area (TPSA) is 66.5 Å². The molecule has 0 spiro atoms. The van der Waals surface area contributed by atoms with Crippen LogP contribution in [0.1, 0.15) is 37.7 Å². The van der Waals surface area contributed by atoms with Gasteiger partial charge >= 0.3 is 0 Å². The summed E-state index contributed by atoms with van der Waals surface area (Å²) in [6, 6.07) is 7.03. The molecule has 1 saturated heterocycles. The maximum atomic E-state index is 12.7. The molecule has 1 atom stereocenters. The number of sulfonamides is 1. The highest BCUT2D eigenvalue weighted by Crippen LogP contribution is 2.23. The third kappa shape index (κ3) is 4.50. The first-order valence-electron chi connectivity index (χ1n) is 8.98. The predicted octanol–water partition coefficient (Wildman–Crippen LogP) is 2.62. The lowest BCUT2D eigenvalue weighted by Gasteiger charge is -2.31. The molecule has 1 unspecified atom stereocenters. The molecule has 0 saturated carbocycles. The van der Waals surface area contributed by atoms with E-state index >= 15 is 0 Å². The summed E-state index contributed by atoms with van der Waals surface area (Å²) in [5, 5.41) is 3.07. The average molecular weight is 362 g/mol. The monoisotopic (exact) mass is 362 g/mol. The van der Waals surface area contributed by atoms with Gasteiger partial charge in [-0.1, -0.05) is 29.8 Å². The van der Waals surface area contributed by atoms with Crippen molar-refractivity contribution in [2.75, 3.05) is 13.1 Å². The van der Waals surface area contributed by atoms with Crippen LogP contribution in [0, 0.1) is 12.8 Å². The number of benzene rings is 1. The minimum atomic E-state index is -3.44. The first-order valence-corrected chi connectivity index (χ1v) is 10.4. The second kappa shape index (κ2) is 7.70. The van der Waals surface area contributed by atoms with Crippen LogP contribution in [0.15, 0.2) is 41.3 Å². The quantitative estimate of drug-likeness (QED) is 0.819. The van der Waals surface area contributed by atoms with Crippen LogP contribution in [0.4, 0.5) is 0 Å². The Morgan fingerprint density at radius 1 is 1.16 bits per heavy atom. The van der Waals surface area contributed by atoms with Crippen molar-refractivity contribution in [2.45, 2.75) is 50.0 Å². The van der Waals surface area contributed by atoms with Crippen LogP contribution in [0.25, 0.3) is 0 Å². The smallest absolute Gasteiger partial charge is 0.243 e. The predicted molar refractivity (Wildman–Crippen MR) is 97.6 cm³/mol. The number of aryl methyl sites for hydroxylation is 1. The summed E-state index contributed by atoms with van der Waals surface area (Å²) in [5.41, 5.74) is 1.04. The number of piperidine rings is 1. The highest BCUT2D eigenvalue weighted by atomic mass is 32.2. The number of carbonyl (C=O) groups excluding carboxylic acids is 1. The Balaban J connectivity index is 1.51. The summed E-state index contributed by atoms with van der Waals surface area (Å²) in [4.78, 5) is 12.5. The zero-order valence-corrected chi connectivity index (χ0v) is 15.5. The Kier molecular flexibility index (Phi) is 5.59. The van der Waals surface area contributed by atoms with E-state index in [1.807, 2.05) is 19.1 Å². The second-order valence-electron chi connectivity index (χ2n) is 7.03. The van der Waals surface area contributed by atoms with Crippen LogP contribution in [-0.4, -0.2) is 37.8 Å². The van der Waals surface area contributed by atoms with E-state index < -0.39 is 10.0 Å². The van der Waals surface area contributed by atoms with E-state index in [0.717, 1.165) is 18.4 Å². The average Bonchev–Trinajstić information content (AvgIpc) is 3.08. The van der Waals surface area contributed by atoms with Crippen LogP contribution < -0.4 is 5.32 Å². The van der Waals surface area contributed by atoms with Crippen molar-refractivity contribution in [3.63, 3.8) is 0 Å². The van der Waals surface area contributed by atoms with Crippen LogP contribution in [-0.2, 0) is 14.8 Å². The van der Waals surface area contributed by atoms with Crippen LogP contribution >= 0.6 is 0 Å². The first-order chi connectivity index (χ1) is 11.9. The summed E-state index contributed by atoms with van der Waals surface area (Å²) in [5.74, 6) is 0.443. The van der Waals surface area contributed by atoms with E-state index in [1.54, 1.807) is 12.1 Å². The SMILES string of the molecule is Cc1ccc(S(=O)(=O)N2CCC(NC(=O)CC3C=CCC3)CC2)cc1. The number of hydrogen-bond donors (Lipinski definition) is 1. The molecule has 1 fully saturated rings. The van der Waals surface area contributed by atoms with Gasteiger partial charge in [0.05, 0.1) is 4.90 Å². The summed E-state index contributed by atoms with van der Waals surface area (Å²) >= 11 is 0. The third-order valence-corrected chi connectivity index (χ3v) is 6.95. The summed E-state index contributed by atoms with van der Waals surface area (Å²) in [6.45, 7) is 2.83. The molecule has 3 rings (SSSR count). The molecule has 6 heteroatoms. The van der Waals surface area contributed by atoms with Gasteiger partial charge in [-0.3, -0.25) is 4.79 Å². The van der Waals surface area contributed by atoms with Gasteiger partial charge in [0.25, 0.3) is 0 Å². The third-order valence-electron chi connectivity index (χ3n) is 5.04. The maximum Gasteiger partial charge on any atom is 0.243 e. The molecule has 1 aromatic carbocycles. The van der Waals surface area contributed by atoms with Gasteiger partial charge in [0.15, 0.2) is 0 Å². The molecule has 1 heterocycles. The van der Waals surface area contributed by atoms with Crippen molar-refractivity contribution in [2.24, 2.45) is 5.92 Å². The molecule has 0 bridgehead atoms. The van der Waals surface area contributed by atoms with Crippen molar-refractivity contribution in [3.05, 3.63) is 42.0 Å². The summed E-state index contributed by atoms with van der Waals surface area (Å²) in [6.07, 6.45) is 8.24. The molecule has 5 nitrogen and oxygen atoms in total. The van der Waals surface area contributed by atoms with Crippen LogP contribution in [0.2, 0.25) is 0 Å². The van der Waals surface area contributed by atoms with Gasteiger partial charge < -0.3 is 5.32 Å². The molecule has 1 aliphatic carbocycles. The van der Waals surface area contributed by atoms with Gasteiger partial charge in [-0.05, 0) is 50.7 Å². The second-order valence-corrected chi connectivity index (χ2v) is 8.97. The normalized spacial score (nSPS) is 22.2. The van der Waals surface area contributed by atoms with E-state index in [9.17, 15) is 13.2 Å². The standard InChI is InChI=1S/C19H26N2O3S/c1-15-6-8-18(9-7-15)25(23,24)21-12-10-17(11-13-21)20-19(22)14-16-4-2-3-5-16/h2,4,6-9,16-17H,3,5,10-14H2,1H3,(H,20,22). The molecular formula is C19H26N2O3S. The number of rotatable bonds is 5. The Labute approximate surface area is 150 Å². The van der Waals surface area contributed by atoms with Crippen LogP contribution in [0.5, 0.6) is 0 Å². The zero-order valence-electron chi connectivity index (χ0n) is 14.6. The van der Waals surface area contributed by atoms with E-state index in [-0.39, 0.29) is 11.9 Å². The number of nitrogens with one attached hydrogen (secondary N) is 1. The number of amides is 1. The van der Waals surface area contributed by atoms with Gasteiger partial charge in [-0.2, -0.15) is 4.31 Å². The highest BCUT2D eigenvalue weighted by molar-refractivity contribution is 7.89. The largest absolute Gasteiger partial charge is 0.353 e.